The molecular weight excluding hydrogens is 334 g/mol. The van der Waals surface area contributed by atoms with Crippen LogP contribution in [-0.4, -0.2) is 28.8 Å². The van der Waals surface area contributed by atoms with Crippen molar-refractivity contribution >= 4 is 33.5 Å². The molecule has 0 N–H and O–H groups in total. The molecule has 5 nitrogen and oxygen atoms in total. The summed E-state index contributed by atoms with van der Waals surface area (Å²) in [5.41, 5.74) is 0. The maximum Gasteiger partial charge on any atom is 0.314 e. The monoisotopic (exact) mass is 356 g/mol. The lowest BCUT2D eigenvalue weighted by molar-refractivity contribution is -0.311. The van der Waals surface area contributed by atoms with Crippen LogP contribution in [0.2, 0.25) is 0 Å². The van der Waals surface area contributed by atoms with Crippen LogP contribution in [0.1, 0.15) is 39.5 Å². The minimum Gasteiger partial charge on any atom is -0.549 e. The summed E-state index contributed by atoms with van der Waals surface area (Å²) in [5, 5.41) is 12.4. The number of unbranched alkanes of at least 4 members (excludes halogenated alkanes) is 1. The number of aromatic nitrogens is 1. The van der Waals surface area contributed by atoms with Crippen molar-refractivity contribution in [3.63, 3.8) is 0 Å². The Kier molecular flexibility index (Phi) is 9.78. The van der Waals surface area contributed by atoms with Gasteiger partial charge < -0.3 is 14.6 Å². The van der Waals surface area contributed by atoms with Gasteiger partial charge in [0.15, 0.2) is 0 Å². The molecule has 0 aliphatic rings. The molecule has 0 aliphatic heterocycles. The van der Waals surface area contributed by atoms with E-state index in [-0.39, 0.29) is 13.0 Å². The van der Waals surface area contributed by atoms with Crippen LogP contribution in [0.4, 0.5) is 0 Å². The molecule has 2 atom stereocenters. The first-order valence-electron chi connectivity index (χ1n) is 7.66. The number of nitrogens with zero attached hydrogens (tertiary/aromatic N) is 1. The Morgan fingerprint density at radius 3 is 2.65 bits per heavy atom. The van der Waals surface area contributed by atoms with E-state index in [2.05, 4.69) is 11.9 Å². The first-order valence-corrected chi connectivity index (χ1v) is 9.87. The molecule has 1 aromatic heterocycles. The highest BCUT2D eigenvalue weighted by atomic mass is 33.1. The molecule has 0 radical (unpaired) electrons. The van der Waals surface area contributed by atoms with Gasteiger partial charge in [0.25, 0.3) is 0 Å². The molecule has 0 amide bonds. The predicted octanol–water partition coefficient (Wildman–Crippen LogP) is 2.70. The molecule has 0 saturated carbocycles. The van der Waals surface area contributed by atoms with Gasteiger partial charge in [-0.25, -0.2) is 4.98 Å². The summed E-state index contributed by atoms with van der Waals surface area (Å²) >= 11 is 0. The third kappa shape index (κ3) is 8.27. The van der Waals surface area contributed by atoms with Crippen molar-refractivity contribution in [2.75, 3.05) is 6.61 Å². The summed E-state index contributed by atoms with van der Waals surface area (Å²) in [6.07, 6.45) is 4.51. The van der Waals surface area contributed by atoms with Gasteiger partial charge >= 0.3 is 5.97 Å². The van der Waals surface area contributed by atoms with Crippen LogP contribution >= 0.6 is 21.6 Å². The summed E-state index contributed by atoms with van der Waals surface area (Å²) in [5.74, 6) is -3.20. The number of carboxylic acid groups (broad SMARTS) is 1. The van der Waals surface area contributed by atoms with Crippen molar-refractivity contribution < 1.29 is 19.4 Å². The zero-order chi connectivity index (χ0) is 17.1. The number of rotatable bonds is 11. The summed E-state index contributed by atoms with van der Waals surface area (Å²) in [7, 11) is 3.38. The van der Waals surface area contributed by atoms with Crippen LogP contribution in [0.3, 0.4) is 0 Å². The highest BCUT2D eigenvalue weighted by molar-refractivity contribution is 8.76. The average Bonchev–Trinajstić information content (AvgIpc) is 2.53. The molecule has 0 aliphatic carbocycles. The molecule has 0 spiro atoms. The van der Waals surface area contributed by atoms with Crippen LogP contribution in [0.25, 0.3) is 0 Å². The molecule has 0 fully saturated rings. The van der Waals surface area contributed by atoms with E-state index in [1.807, 2.05) is 18.2 Å². The summed E-state index contributed by atoms with van der Waals surface area (Å²) in [6, 6.07) is 5.81. The molecule has 23 heavy (non-hydrogen) atoms. The van der Waals surface area contributed by atoms with Gasteiger partial charge in [0.05, 0.1) is 18.5 Å². The van der Waals surface area contributed by atoms with E-state index >= 15 is 0 Å². The number of ether oxygens (including phenoxy) is 1. The average molecular weight is 356 g/mol. The SMILES string of the molecule is CCOC(=O)C(CCCCC(C)SSc1ccccn1)C(=O)[O-]. The van der Waals surface area contributed by atoms with E-state index in [9.17, 15) is 14.7 Å². The highest BCUT2D eigenvalue weighted by Gasteiger charge is 2.20. The Labute approximate surface area is 145 Å². The lowest BCUT2D eigenvalue weighted by Crippen LogP contribution is -2.37. The second kappa shape index (κ2) is 11.3. The zero-order valence-electron chi connectivity index (χ0n) is 13.4. The molecule has 128 valence electrons. The van der Waals surface area contributed by atoms with Crippen LogP contribution < -0.4 is 5.11 Å². The minimum absolute atomic E-state index is 0.182. The fourth-order valence-electron chi connectivity index (χ4n) is 1.93. The van der Waals surface area contributed by atoms with Crippen molar-refractivity contribution in [2.45, 2.75) is 49.8 Å². The lowest BCUT2D eigenvalue weighted by Gasteiger charge is -2.16. The van der Waals surface area contributed by atoms with E-state index in [1.54, 1.807) is 34.7 Å². The molecule has 1 aromatic rings. The number of carboxylic acids is 1. The Morgan fingerprint density at radius 2 is 2.04 bits per heavy atom. The minimum atomic E-state index is -1.35. The van der Waals surface area contributed by atoms with Crippen LogP contribution in [0.15, 0.2) is 29.4 Å². The number of esters is 1. The lowest BCUT2D eigenvalue weighted by atomic mass is 10.0. The maximum absolute atomic E-state index is 11.5. The topological polar surface area (TPSA) is 79.3 Å². The number of pyridine rings is 1. The fourth-order valence-corrected chi connectivity index (χ4v) is 4.07. The Hall–Kier alpha value is -1.21. The fraction of sp³-hybridized carbons (Fsp3) is 0.562. The van der Waals surface area contributed by atoms with Gasteiger partial charge in [-0.3, -0.25) is 4.79 Å². The van der Waals surface area contributed by atoms with Gasteiger partial charge in [0, 0.05) is 11.4 Å². The smallest absolute Gasteiger partial charge is 0.314 e. The Bertz CT molecular complexity index is 484. The Balaban J connectivity index is 2.21. The first kappa shape index (κ1) is 19.8. The summed E-state index contributed by atoms with van der Waals surface area (Å²) in [4.78, 5) is 26.7. The van der Waals surface area contributed by atoms with Crippen molar-refractivity contribution in [1.29, 1.82) is 0 Å². The van der Waals surface area contributed by atoms with E-state index in [0.717, 1.165) is 17.9 Å². The second-order valence-corrected chi connectivity index (χ2v) is 7.73. The van der Waals surface area contributed by atoms with Crippen LogP contribution in [0, 0.1) is 5.92 Å². The van der Waals surface area contributed by atoms with Crippen LogP contribution in [0.5, 0.6) is 0 Å². The molecule has 7 heteroatoms. The summed E-state index contributed by atoms with van der Waals surface area (Å²) < 4.78 is 4.76. The largest absolute Gasteiger partial charge is 0.549 e. The van der Waals surface area contributed by atoms with Gasteiger partial charge in [-0.2, -0.15) is 0 Å². The van der Waals surface area contributed by atoms with Crippen molar-refractivity contribution in [3.8, 4) is 0 Å². The third-order valence-corrected chi connectivity index (χ3v) is 6.00. The Morgan fingerprint density at radius 1 is 1.30 bits per heavy atom. The van der Waals surface area contributed by atoms with Crippen LogP contribution in [-0.2, 0) is 14.3 Å². The van der Waals surface area contributed by atoms with Gasteiger partial charge in [0.1, 0.15) is 5.03 Å². The van der Waals surface area contributed by atoms with Gasteiger partial charge in [-0.1, -0.05) is 36.6 Å². The third-order valence-electron chi connectivity index (χ3n) is 3.14. The molecule has 0 saturated heterocycles. The van der Waals surface area contributed by atoms with Gasteiger partial charge in [-0.15, -0.1) is 0 Å². The number of hydrogen-bond donors (Lipinski definition) is 0. The second-order valence-electron chi connectivity index (χ2n) is 5.07. The van der Waals surface area contributed by atoms with E-state index in [1.165, 1.54) is 0 Å². The van der Waals surface area contributed by atoms with E-state index < -0.39 is 17.9 Å². The number of carbonyl (C=O) groups excluding carboxylic acids is 2. The number of carbonyl (C=O) groups is 2. The quantitative estimate of drug-likeness (QED) is 0.261. The molecular formula is C16H22NO4S2-. The highest BCUT2D eigenvalue weighted by Crippen LogP contribution is 2.34. The molecule has 0 aromatic carbocycles. The normalized spacial score (nSPS) is 13.3. The predicted molar refractivity (Wildman–Crippen MR) is 90.7 cm³/mol. The van der Waals surface area contributed by atoms with Crippen molar-refractivity contribution in [3.05, 3.63) is 24.4 Å². The van der Waals surface area contributed by atoms with Crippen molar-refractivity contribution in [2.24, 2.45) is 5.92 Å². The first-order chi connectivity index (χ1) is 11.0. The number of hydrogen-bond acceptors (Lipinski definition) is 7. The van der Waals surface area contributed by atoms with Gasteiger partial charge in [-0.05, 0) is 42.7 Å². The molecule has 1 rings (SSSR count). The molecule has 1 heterocycles. The van der Waals surface area contributed by atoms with E-state index in [0.29, 0.717) is 11.7 Å². The summed E-state index contributed by atoms with van der Waals surface area (Å²) in [6.45, 7) is 3.96. The molecule has 2 unspecified atom stereocenters. The van der Waals surface area contributed by atoms with E-state index in [4.69, 9.17) is 4.74 Å². The standard InChI is InChI=1S/C16H23NO4S2/c1-3-21-16(20)13(15(18)19)9-5-4-8-12(2)22-23-14-10-6-7-11-17-14/h6-7,10-13H,3-5,8-9H2,1-2H3,(H,18,19)/p-1. The maximum atomic E-state index is 11.5. The zero-order valence-corrected chi connectivity index (χ0v) is 15.0. The van der Waals surface area contributed by atoms with Crippen molar-refractivity contribution in [1.82, 2.24) is 4.98 Å². The van der Waals surface area contributed by atoms with Gasteiger partial charge in [0.2, 0.25) is 0 Å². The molecule has 0 bridgehead atoms. The number of aliphatic carboxylic acids is 1.